The molecule has 0 bridgehead atoms. The Balaban J connectivity index is 2.74. The van der Waals surface area contributed by atoms with Crippen molar-refractivity contribution in [3.05, 3.63) is 35.5 Å². The molecule has 2 rings (SSSR count). The molecule has 78 valence electrons. The standard InChI is InChI=1S/C11H12FN3/c1-7-14-10(5-6-13)8-3-2-4-9(12)11(8)15-7/h2-4H,5-6,13H2,1H3. The van der Waals surface area contributed by atoms with Gasteiger partial charge in [-0.25, -0.2) is 14.4 Å². The Morgan fingerprint density at radius 2 is 2.13 bits per heavy atom. The fraction of sp³-hybridized carbons (Fsp3) is 0.273. The van der Waals surface area contributed by atoms with E-state index in [1.54, 1.807) is 13.0 Å². The van der Waals surface area contributed by atoms with E-state index in [2.05, 4.69) is 9.97 Å². The summed E-state index contributed by atoms with van der Waals surface area (Å²) in [4.78, 5) is 8.37. The topological polar surface area (TPSA) is 51.8 Å². The first-order valence-electron chi connectivity index (χ1n) is 4.84. The lowest BCUT2D eigenvalue weighted by Gasteiger charge is -2.05. The van der Waals surface area contributed by atoms with Crippen LogP contribution in [0.1, 0.15) is 11.5 Å². The van der Waals surface area contributed by atoms with Crippen LogP contribution < -0.4 is 5.73 Å². The van der Waals surface area contributed by atoms with Gasteiger partial charge in [-0.3, -0.25) is 0 Å². The van der Waals surface area contributed by atoms with Crippen molar-refractivity contribution in [3.63, 3.8) is 0 Å². The average Bonchev–Trinajstić information content (AvgIpc) is 2.20. The SMILES string of the molecule is Cc1nc(CCN)c2cccc(F)c2n1. The summed E-state index contributed by atoms with van der Waals surface area (Å²) < 4.78 is 13.5. The number of nitrogens with two attached hydrogens (primary N) is 1. The Hall–Kier alpha value is -1.55. The van der Waals surface area contributed by atoms with E-state index >= 15 is 0 Å². The molecule has 3 nitrogen and oxygen atoms in total. The van der Waals surface area contributed by atoms with E-state index in [1.165, 1.54) is 6.07 Å². The Bertz CT molecular complexity index is 496. The molecule has 1 aromatic heterocycles. The third-order valence-electron chi connectivity index (χ3n) is 2.25. The second kappa shape index (κ2) is 3.90. The zero-order chi connectivity index (χ0) is 10.8. The highest BCUT2D eigenvalue weighted by atomic mass is 19.1. The molecule has 1 heterocycles. The van der Waals surface area contributed by atoms with Crippen LogP contribution in [0, 0.1) is 12.7 Å². The molecule has 0 aliphatic heterocycles. The number of aromatic nitrogens is 2. The molecule has 0 saturated carbocycles. The molecule has 0 aliphatic carbocycles. The number of fused-ring (bicyclic) bond motifs is 1. The molecule has 0 radical (unpaired) electrons. The smallest absolute Gasteiger partial charge is 0.149 e. The van der Waals surface area contributed by atoms with Crippen molar-refractivity contribution >= 4 is 10.9 Å². The van der Waals surface area contributed by atoms with Crippen LogP contribution in [0.5, 0.6) is 0 Å². The molecule has 2 N–H and O–H groups in total. The van der Waals surface area contributed by atoms with Crippen molar-refractivity contribution in [2.75, 3.05) is 6.54 Å². The van der Waals surface area contributed by atoms with Gasteiger partial charge in [-0.05, 0) is 19.5 Å². The highest BCUT2D eigenvalue weighted by Crippen LogP contribution is 2.18. The summed E-state index contributed by atoms with van der Waals surface area (Å²) in [5.74, 6) is 0.271. The van der Waals surface area contributed by atoms with E-state index in [-0.39, 0.29) is 5.82 Å². The number of para-hydroxylation sites is 1. The molecule has 0 unspecified atom stereocenters. The highest BCUT2D eigenvalue weighted by Gasteiger charge is 2.08. The Morgan fingerprint density at radius 3 is 2.87 bits per heavy atom. The van der Waals surface area contributed by atoms with Crippen LogP contribution in [-0.2, 0) is 6.42 Å². The van der Waals surface area contributed by atoms with Crippen LogP contribution in [0.3, 0.4) is 0 Å². The molecule has 0 aliphatic rings. The fourth-order valence-corrected chi connectivity index (χ4v) is 1.63. The van der Waals surface area contributed by atoms with Crippen molar-refractivity contribution in [2.45, 2.75) is 13.3 Å². The zero-order valence-electron chi connectivity index (χ0n) is 8.50. The summed E-state index contributed by atoms with van der Waals surface area (Å²) in [6.07, 6.45) is 0.642. The van der Waals surface area contributed by atoms with E-state index in [4.69, 9.17) is 5.73 Å². The number of aryl methyl sites for hydroxylation is 1. The Labute approximate surface area is 87.2 Å². The summed E-state index contributed by atoms with van der Waals surface area (Å²) in [7, 11) is 0. The molecule has 0 amide bonds. The molecule has 15 heavy (non-hydrogen) atoms. The molecule has 0 spiro atoms. The molecule has 0 atom stereocenters. The Kier molecular flexibility index (Phi) is 2.60. The number of halogens is 1. The largest absolute Gasteiger partial charge is 0.330 e. The monoisotopic (exact) mass is 205 g/mol. The normalized spacial score (nSPS) is 10.9. The fourth-order valence-electron chi connectivity index (χ4n) is 1.63. The van der Waals surface area contributed by atoms with Gasteiger partial charge in [0.1, 0.15) is 17.2 Å². The molecule has 2 aromatic rings. The maximum Gasteiger partial charge on any atom is 0.149 e. The third-order valence-corrected chi connectivity index (χ3v) is 2.25. The van der Waals surface area contributed by atoms with Gasteiger partial charge in [-0.2, -0.15) is 0 Å². The maximum atomic E-state index is 13.5. The second-order valence-corrected chi connectivity index (χ2v) is 3.39. The van der Waals surface area contributed by atoms with E-state index in [0.29, 0.717) is 24.3 Å². The van der Waals surface area contributed by atoms with Gasteiger partial charge in [0.25, 0.3) is 0 Å². The number of hydrogen-bond donors (Lipinski definition) is 1. The zero-order valence-corrected chi connectivity index (χ0v) is 8.50. The van der Waals surface area contributed by atoms with E-state index in [9.17, 15) is 4.39 Å². The van der Waals surface area contributed by atoms with Gasteiger partial charge >= 0.3 is 0 Å². The van der Waals surface area contributed by atoms with Crippen molar-refractivity contribution in [3.8, 4) is 0 Å². The molecule has 1 aromatic carbocycles. The van der Waals surface area contributed by atoms with Gasteiger partial charge < -0.3 is 5.73 Å². The maximum absolute atomic E-state index is 13.5. The van der Waals surface area contributed by atoms with Crippen LogP contribution in [0.15, 0.2) is 18.2 Å². The molecular weight excluding hydrogens is 193 g/mol. The minimum atomic E-state index is -0.309. The first kappa shape index (κ1) is 9.98. The van der Waals surface area contributed by atoms with Gasteiger partial charge in [0.2, 0.25) is 0 Å². The van der Waals surface area contributed by atoms with Crippen molar-refractivity contribution < 1.29 is 4.39 Å². The van der Waals surface area contributed by atoms with E-state index in [1.807, 2.05) is 6.07 Å². The lowest BCUT2D eigenvalue weighted by molar-refractivity contribution is 0.635. The van der Waals surface area contributed by atoms with Gasteiger partial charge in [0, 0.05) is 11.8 Å². The first-order chi connectivity index (χ1) is 7.22. The van der Waals surface area contributed by atoms with Crippen LogP contribution >= 0.6 is 0 Å². The summed E-state index contributed by atoms with van der Waals surface area (Å²) in [6, 6.07) is 4.89. The van der Waals surface area contributed by atoms with Gasteiger partial charge in [0.05, 0.1) is 5.69 Å². The minimum absolute atomic E-state index is 0.309. The van der Waals surface area contributed by atoms with Crippen molar-refractivity contribution in [1.29, 1.82) is 0 Å². The predicted molar refractivity (Wildman–Crippen MR) is 57.0 cm³/mol. The quantitative estimate of drug-likeness (QED) is 0.809. The molecule has 4 heteroatoms. The second-order valence-electron chi connectivity index (χ2n) is 3.39. The minimum Gasteiger partial charge on any atom is -0.330 e. The Morgan fingerprint density at radius 1 is 1.33 bits per heavy atom. The lowest BCUT2D eigenvalue weighted by atomic mass is 10.1. The van der Waals surface area contributed by atoms with E-state index < -0.39 is 0 Å². The number of benzene rings is 1. The number of rotatable bonds is 2. The van der Waals surface area contributed by atoms with Gasteiger partial charge in [-0.15, -0.1) is 0 Å². The number of nitrogens with zero attached hydrogens (tertiary/aromatic N) is 2. The molecule has 0 fully saturated rings. The van der Waals surface area contributed by atoms with Gasteiger partial charge in [-0.1, -0.05) is 12.1 Å². The lowest BCUT2D eigenvalue weighted by Crippen LogP contribution is -2.07. The van der Waals surface area contributed by atoms with Crippen LogP contribution in [0.25, 0.3) is 10.9 Å². The number of hydrogen-bond acceptors (Lipinski definition) is 3. The summed E-state index contributed by atoms with van der Waals surface area (Å²) in [5.41, 5.74) is 6.69. The van der Waals surface area contributed by atoms with E-state index in [0.717, 1.165) is 11.1 Å². The predicted octanol–water partition coefficient (Wildman–Crippen LogP) is 1.58. The molecule has 0 saturated heterocycles. The van der Waals surface area contributed by atoms with Crippen molar-refractivity contribution in [1.82, 2.24) is 9.97 Å². The first-order valence-corrected chi connectivity index (χ1v) is 4.84. The van der Waals surface area contributed by atoms with Crippen LogP contribution in [-0.4, -0.2) is 16.5 Å². The summed E-state index contributed by atoms with van der Waals surface area (Å²) in [5, 5.41) is 0.756. The van der Waals surface area contributed by atoms with Crippen LogP contribution in [0.2, 0.25) is 0 Å². The highest BCUT2D eigenvalue weighted by molar-refractivity contribution is 5.81. The summed E-state index contributed by atoms with van der Waals surface area (Å²) >= 11 is 0. The molecular formula is C11H12FN3. The van der Waals surface area contributed by atoms with Gasteiger partial charge in [0.15, 0.2) is 0 Å². The average molecular weight is 205 g/mol. The third kappa shape index (κ3) is 1.80. The van der Waals surface area contributed by atoms with Crippen molar-refractivity contribution in [2.24, 2.45) is 5.73 Å². The van der Waals surface area contributed by atoms with Crippen LogP contribution in [0.4, 0.5) is 4.39 Å². The summed E-state index contributed by atoms with van der Waals surface area (Å²) in [6.45, 7) is 2.26.